The molecule has 2 aliphatic rings. The van der Waals surface area contributed by atoms with Gasteiger partial charge < -0.3 is 15.4 Å². The number of hydrogen-bond donors (Lipinski definition) is 2. The number of nitrogens with zero attached hydrogens (tertiary/aromatic N) is 1. The molecule has 2 N–H and O–H groups in total. The van der Waals surface area contributed by atoms with Crippen LogP contribution in [0.1, 0.15) is 41.6 Å². The molecule has 3 rings (SSSR count). The molecule has 154 valence electrons. The summed E-state index contributed by atoms with van der Waals surface area (Å²) in [5.74, 6) is -0.386. The summed E-state index contributed by atoms with van der Waals surface area (Å²) in [5.41, 5.74) is 1.38. The number of imide groups is 1. The van der Waals surface area contributed by atoms with Crippen molar-refractivity contribution in [1.82, 2.24) is 15.5 Å². The lowest BCUT2D eigenvalue weighted by Crippen LogP contribution is -2.47. The minimum Gasteiger partial charge on any atom is -0.384 e. The molecular formula is C20H28ClN3O4. The lowest BCUT2D eigenvalue weighted by molar-refractivity contribution is -0.139. The van der Waals surface area contributed by atoms with Crippen molar-refractivity contribution in [3.05, 3.63) is 35.4 Å². The average molecular weight is 410 g/mol. The lowest BCUT2D eigenvalue weighted by atomic mass is 9.79. The van der Waals surface area contributed by atoms with E-state index in [1.54, 1.807) is 31.4 Å². The van der Waals surface area contributed by atoms with E-state index in [4.69, 9.17) is 4.74 Å². The van der Waals surface area contributed by atoms with Crippen LogP contribution in [0.2, 0.25) is 0 Å². The average Bonchev–Trinajstić information content (AvgIpc) is 3.00. The summed E-state index contributed by atoms with van der Waals surface area (Å²) in [5, 5.41) is 6.37. The molecule has 2 heterocycles. The van der Waals surface area contributed by atoms with Crippen LogP contribution >= 0.6 is 12.4 Å². The Morgan fingerprint density at radius 1 is 1.14 bits per heavy atom. The summed E-state index contributed by atoms with van der Waals surface area (Å²) in [7, 11) is 1.69. The van der Waals surface area contributed by atoms with E-state index in [9.17, 15) is 14.4 Å². The maximum Gasteiger partial charge on any atom is 0.251 e. The Bertz CT molecular complexity index is 680. The van der Waals surface area contributed by atoms with Gasteiger partial charge in [0.2, 0.25) is 11.8 Å². The number of nitrogens with one attached hydrogen (secondary N) is 2. The van der Waals surface area contributed by atoms with Crippen molar-refractivity contribution in [2.24, 2.45) is 5.41 Å². The molecule has 2 fully saturated rings. The number of rotatable bonds is 7. The van der Waals surface area contributed by atoms with Gasteiger partial charge >= 0.3 is 0 Å². The van der Waals surface area contributed by atoms with E-state index in [-0.39, 0.29) is 54.9 Å². The quantitative estimate of drug-likeness (QED) is 0.666. The van der Waals surface area contributed by atoms with Crippen LogP contribution < -0.4 is 10.6 Å². The third-order valence-corrected chi connectivity index (χ3v) is 5.45. The Balaban J connectivity index is 0.00000280. The lowest BCUT2D eigenvalue weighted by Gasteiger charge is -2.37. The second kappa shape index (κ2) is 10.0. The van der Waals surface area contributed by atoms with Crippen LogP contribution in [0.25, 0.3) is 0 Å². The highest BCUT2D eigenvalue weighted by Crippen LogP contribution is 2.28. The maximum absolute atomic E-state index is 12.5. The molecular weight excluding hydrogens is 382 g/mol. The van der Waals surface area contributed by atoms with Crippen LogP contribution in [0.15, 0.2) is 24.3 Å². The third kappa shape index (κ3) is 5.31. The molecule has 0 atom stereocenters. The Labute approximate surface area is 171 Å². The monoisotopic (exact) mass is 409 g/mol. The number of piperidine rings is 1. The summed E-state index contributed by atoms with van der Waals surface area (Å²) < 4.78 is 5.38. The van der Waals surface area contributed by atoms with Crippen molar-refractivity contribution in [1.29, 1.82) is 0 Å². The predicted octanol–water partition coefficient (Wildman–Crippen LogP) is 1.50. The molecule has 0 bridgehead atoms. The van der Waals surface area contributed by atoms with Gasteiger partial charge in [-0.15, -0.1) is 12.4 Å². The van der Waals surface area contributed by atoms with Crippen LogP contribution in [-0.4, -0.2) is 56.0 Å². The highest BCUT2D eigenvalue weighted by atomic mass is 35.5. The van der Waals surface area contributed by atoms with Crippen LogP contribution in [-0.2, 0) is 20.9 Å². The zero-order valence-corrected chi connectivity index (χ0v) is 17.0. The fourth-order valence-corrected chi connectivity index (χ4v) is 3.75. The summed E-state index contributed by atoms with van der Waals surface area (Å²) >= 11 is 0. The smallest absolute Gasteiger partial charge is 0.251 e. The van der Waals surface area contributed by atoms with Gasteiger partial charge in [0, 0.05) is 37.5 Å². The number of amides is 3. The zero-order valence-electron chi connectivity index (χ0n) is 16.2. The van der Waals surface area contributed by atoms with Crippen molar-refractivity contribution in [2.75, 3.05) is 33.4 Å². The molecule has 1 aromatic rings. The fraction of sp³-hybridized carbons (Fsp3) is 0.550. The van der Waals surface area contributed by atoms with E-state index in [0.717, 1.165) is 31.5 Å². The number of ether oxygens (including phenoxy) is 1. The maximum atomic E-state index is 12.5. The van der Waals surface area contributed by atoms with Gasteiger partial charge in [0.15, 0.2) is 0 Å². The molecule has 0 saturated carbocycles. The number of benzene rings is 1. The van der Waals surface area contributed by atoms with E-state index in [0.29, 0.717) is 18.7 Å². The van der Waals surface area contributed by atoms with E-state index >= 15 is 0 Å². The second-order valence-corrected chi connectivity index (χ2v) is 7.44. The molecule has 0 aliphatic carbocycles. The molecule has 7 nitrogen and oxygen atoms in total. The number of halogens is 1. The highest BCUT2D eigenvalue weighted by Gasteiger charge is 2.32. The van der Waals surface area contributed by atoms with Gasteiger partial charge in [0.25, 0.3) is 5.91 Å². The summed E-state index contributed by atoms with van der Waals surface area (Å²) in [4.78, 5) is 37.2. The van der Waals surface area contributed by atoms with Crippen molar-refractivity contribution in [2.45, 2.75) is 32.2 Å². The molecule has 3 amide bonds. The first kappa shape index (κ1) is 22.3. The van der Waals surface area contributed by atoms with Crippen molar-refractivity contribution >= 4 is 30.1 Å². The topological polar surface area (TPSA) is 87.7 Å². The largest absolute Gasteiger partial charge is 0.384 e. The summed E-state index contributed by atoms with van der Waals surface area (Å²) in [6, 6.07) is 7.06. The Morgan fingerprint density at radius 2 is 1.75 bits per heavy atom. The first-order valence-corrected chi connectivity index (χ1v) is 9.43. The van der Waals surface area contributed by atoms with E-state index in [1.165, 1.54) is 4.90 Å². The number of likely N-dealkylation sites (tertiary alicyclic amines) is 1. The molecule has 2 saturated heterocycles. The van der Waals surface area contributed by atoms with Crippen molar-refractivity contribution < 1.29 is 19.1 Å². The van der Waals surface area contributed by atoms with Gasteiger partial charge in [-0.2, -0.15) is 0 Å². The first-order chi connectivity index (χ1) is 13.0. The molecule has 28 heavy (non-hydrogen) atoms. The van der Waals surface area contributed by atoms with Crippen LogP contribution in [0, 0.1) is 5.41 Å². The van der Waals surface area contributed by atoms with Gasteiger partial charge in [0.05, 0.1) is 13.2 Å². The molecule has 0 unspecified atom stereocenters. The van der Waals surface area contributed by atoms with E-state index in [2.05, 4.69) is 10.6 Å². The highest BCUT2D eigenvalue weighted by molar-refractivity contribution is 6.01. The number of carbonyl (C=O) groups excluding carboxylic acids is 3. The number of methoxy groups -OCH3 is 1. The van der Waals surface area contributed by atoms with Crippen molar-refractivity contribution in [3.8, 4) is 0 Å². The van der Waals surface area contributed by atoms with Gasteiger partial charge in [-0.1, -0.05) is 12.1 Å². The van der Waals surface area contributed by atoms with Crippen LogP contribution in [0.5, 0.6) is 0 Å². The minimum atomic E-state index is -0.132. The van der Waals surface area contributed by atoms with Crippen LogP contribution in [0.3, 0.4) is 0 Å². The molecule has 0 radical (unpaired) electrons. The van der Waals surface area contributed by atoms with E-state index < -0.39 is 0 Å². The Kier molecular flexibility index (Phi) is 7.98. The van der Waals surface area contributed by atoms with Gasteiger partial charge in [-0.3, -0.25) is 19.3 Å². The molecule has 1 aromatic carbocycles. The number of carbonyl (C=O) groups is 3. The SMILES string of the molecule is COCC1(CNC(=O)c2ccc(CN3C(=O)CCC3=O)cc2)CCNCC1.Cl. The standard InChI is InChI=1S/C20H27N3O4.ClH/c1-27-14-20(8-10-21-11-9-20)13-22-19(26)16-4-2-15(3-5-16)12-23-17(24)6-7-18(23)25;/h2-5,21H,6-14H2,1H3,(H,22,26);1H. The Hall–Kier alpha value is -1.96. The van der Waals surface area contributed by atoms with Gasteiger partial charge in [-0.25, -0.2) is 0 Å². The minimum absolute atomic E-state index is 0. The van der Waals surface area contributed by atoms with E-state index in [1.807, 2.05) is 0 Å². The zero-order chi connectivity index (χ0) is 19.3. The second-order valence-electron chi connectivity index (χ2n) is 7.44. The molecule has 8 heteroatoms. The summed E-state index contributed by atoms with van der Waals surface area (Å²) in [6.07, 6.45) is 2.52. The normalized spacial score (nSPS) is 18.7. The molecule has 0 aromatic heterocycles. The number of hydrogen-bond acceptors (Lipinski definition) is 5. The fourth-order valence-electron chi connectivity index (χ4n) is 3.75. The molecule has 0 spiro atoms. The van der Waals surface area contributed by atoms with Crippen LogP contribution in [0.4, 0.5) is 0 Å². The van der Waals surface area contributed by atoms with Gasteiger partial charge in [-0.05, 0) is 43.6 Å². The first-order valence-electron chi connectivity index (χ1n) is 9.43. The summed E-state index contributed by atoms with van der Waals surface area (Å²) in [6.45, 7) is 3.35. The predicted molar refractivity (Wildman–Crippen MR) is 107 cm³/mol. The third-order valence-electron chi connectivity index (χ3n) is 5.45. The van der Waals surface area contributed by atoms with Crippen molar-refractivity contribution in [3.63, 3.8) is 0 Å². The molecule has 2 aliphatic heterocycles. The van der Waals surface area contributed by atoms with Gasteiger partial charge in [0.1, 0.15) is 0 Å². The Morgan fingerprint density at radius 3 is 2.32 bits per heavy atom.